The molecule has 1 aromatic carbocycles. The standard InChI is InChI=1S/C15H14INO4S2/c1-4-22-15-17-11(14(19)23-15)6-9-5-10(16)13(21-8(2)18)12(7-9)20-3/h5-7H,4H2,1-3H3/b11-6-. The van der Waals surface area contributed by atoms with Crippen molar-refractivity contribution < 1.29 is 19.1 Å². The molecule has 5 nitrogen and oxygen atoms in total. The SMILES string of the molecule is CCSC1=N/C(=C\c2cc(I)c(OC(C)=O)c(OC)c2)C(=O)S1. The van der Waals surface area contributed by atoms with Gasteiger partial charge in [0.2, 0.25) is 5.12 Å². The summed E-state index contributed by atoms with van der Waals surface area (Å²) >= 11 is 4.75. The molecule has 0 fully saturated rings. The lowest BCUT2D eigenvalue weighted by Gasteiger charge is -2.11. The first-order valence-corrected chi connectivity index (χ1v) is 9.54. The second-order valence-corrected chi connectivity index (χ2v) is 7.99. The highest BCUT2D eigenvalue weighted by Crippen LogP contribution is 2.36. The molecule has 1 aliphatic rings. The number of nitrogens with zero attached hydrogens (tertiary/aromatic N) is 1. The van der Waals surface area contributed by atoms with Crippen molar-refractivity contribution in [2.45, 2.75) is 13.8 Å². The molecule has 1 aliphatic heterocycles. The molecule has 8 heteroatoms. The monoisotopic (exact) mass is 463 g/mol. The van der Waals surface area contributed by atoms with Gasteiger partial charge in [-0.25, -0.2) is 4.99 Å². The van der Waals surface area contributed by atoms with Crippen LogP contribution in [0.1, 0.15) is 19.4 Å². The van der Waals surface area contributed by atoms with Gasteiger partial charge in [-0.05, 0) is 63.9 Å². The smallest absolute Gasteiger partial charge is 0.308 e. The van der Waals surface area contributed by atoms with Crippen LogP contribution in [0.15, 0.2) is 22.8 Å². The average molecular weight is 463 g/mol. The number of halogens is 1. The number of ether oxygens (including phenoxy) is 2. The second-order valence-electron chi connectivity index (χ2n) is 4.36. The highest BCUT2D eigenvalue weighted by molar-refractivity contribution is 14.1. The molecule has 2 rings (SSSR count). The third-order valence-electron chi connectivity index (χ3n) is 2.67. The molecule has 0 spiro atoms. The number of aliphatic imine (C=N–C) groups is 1. The predicted molar refractivity (Wildman–Crippen MR) is 103 cm³/mol. The predicted octanol–water partition coefficient (Wildman–Crippen LogP) is 3.95. The van der Waals surface area contributed by atoms with E-state index < -0.39 is 5.97 Å². The highest BCUT2D eigenvalue weighted by Gasteiger charge is 2.22. The molecule has 1 aromatic rings. The summed E-state index contributed by atoms with van der Waals surface area (Å²) < 4.78 is 11.9. The van der Waals surface area contributed by atoms with Crippen molar-refractivity contribution >= 4 is 67.7 Å². The summed E-state index contributed by atoms with van der Waals surface area (Å²) in [6, 6.07) is 3.53. The van der Waals surface area contributed by atoms with E-state index in [0.717, 1.165) is 27.5 Å². The summed E-state index contributed by atoms with van der Waals surface area (Å²) in [5.74, 6) is 1.26. The Morgan fingerprint density at radius 3 is 2.83 bits per heavy atom. The fraction of sp³-hybridized carbons (Fsp3) is 0.267. The van der Waals surface area contributed by atoms with E-state index in [0.29, 0.717) is 20.8 Å². The van der Waals surface area contributed by atoms with Crippen molar-refractivity contribution in [3.8, 4) is 11.5 Å². The summed E-state index contributed by atoms with van der Waals surface area (Å²) in [7, 11) is 1.50. The van der Waals surface area contributed by atoms with Gasteiger partial charge in [0.05, 0.1) is 10.7 Å². The fourth-order valence-electron chi connectivity index (χ4n) is 1.80. The lowest BCUT2D eigenvalue weighted by atomic mass is 10.1. The molecule has 0 radical (unpaired) electrons. The minimum Gasteiger partial charge on any atom is -0.493 e. The first-order valence-electron chi connectivity index (χ1n) is 6.66. The van der Waals surface area contributed by atoms with Crippen LogP contribution in [0, 0.1) is 3.57 Å². The van der Waals surface area contributed by atoms with Gasteiger partial charge >= 0.3 is 5.97 Å². The minimum absolute atomic E-state index is 0.0704. The van der Waals surface area contributed by atoms with E-state index in [4.69, 9.17) is 9.47 Å². The minimum atomic E-state index is -0.416. The fourth-order valence-corrected chi connectivity index (χ4v) is 4.27. The van der Waals surface area contributed by atoms with Gasteiger partial charge in [-0.15, -0.1) is 0 Å². The Morgan fingerprint density at radius 1 is 1.48 bits per heavy atom. The zero-order valence-corrected chi connectivity index (χ0v) is 16.5. The summed E-state index contributed by atoms with van der Waals surface area (Å²) in [4.78, 5) is 27.5. The molecule has 0 amide bonds. The van der Waals surface area contributed by atoms with E-state index in [1.54, 1.807) is 23.9 Å². The zero-order valence-electron chi connectivity index (χ0n) is 12.7. The molecule has 0 bridgehead atoms. The molecule has 23 heavy (non-hydrogen) atoms. The second kappa shape index (κ2) is 8.20. The van der Waals surface area contributed by atoms with Crippen LogP contribution in [-0.4, -0.2) is 28.3 Å². The Balaban J connectivity index is 2.37. The van der Waals surface area contributed by atoms with Gasteiger partial charge in [0, 0.05) is 6.92 Å². The third kappa shape index (κ3) is 4.74. The largest absolute Gasteiger partial charge is 0.493 e. The number of carbonyl (C=O) groups is 2. The van der Waals surface area contributed by atoms with Gasteiger partial charge in [-0.2, -0.15) is 0 Å². The van der Waals surface area contributed by atoms with Crippen LogP contribution in [0.4, 0.5) is 0 Å². The number of carbonyl (C=O) groups excluding carboxylic acids is 2. The van der Waals surface area contributed by atoms with Crippen LogP contribution < -0.4 is 9.47 Å². The van der Waals surface area contributed by atoms with Crippen molar-refractivity contribution in [2.24, 2.45) is 4.99 Å². The molecule has 0 aromatic heterocycles. The number of benzene rings is 1. The highest BCUT2D eigenvalue weighted by atomic mass is 127. The van der Waals surface area contributed by atoms with Crippen molar-refractivity contribution in [1.82, 2.24) is 0 Å². The van der Waals surface area contributed by atoms with Gasteiger partial charge in [-0.1, -0.05) is 18.7 Å². The van der Waals surface area contributed by atoms with E-state index in [2.05, 4.69) is 27.6 Å². The molecule has 0 aliphatic carbocycles. The van der Waals surface area contributed by atoms with Crippen LogP contribution in [0.5, 0.6) is 11.5 Å². The van der Waals surface area contributed by atoms with Crippen molar-refractivity contribution in [2.75, 3.05) is 12.9 Å². The molecule has 1 heterocycles. The topological polar surface area (TPSA) is 65.0 Å². The number of thioether (sulfide) groups is 2. The first kappa shape index (κ1) is 18.3. The van der Waals surface area contributed by atoms with Gasteiger partial charge in [-0.3, -0.25) is 9.59 Å². The molecule has 0 unspecified atom stereocenters. The molecule has 0 saturated carbocycles. The maximum atomic E-state index is 12.0. The number of esters is 1. The van der Waals surface area contributed by atoms with E-state index in [1.165, 1.54) is 14.0 Å². The van der Waals surface area contributed by atoms with Gasteiger partial charge in [0.15, 0.2) is 11.5 Å². The Hall–Kier alpha value is -1.000. The summed E-state index contributed by atoms with van der Waals surface area (Å²) in [5.41, 5.74) is 1.17. The van der Waals surface area contributed by atoms with Crippen LogP contribution in [0.25, 0.3) is 6.08 Å². The van der Waals surface area contributed by atoms with Gasteiger partial charge in [0.25, 0.3) is 0 Å². The van der Waals surface area contributed by atoms with E-state index in [9.17, 15) is 9.59 Å². The van der Waals surface area contributed by atoms with Crippen molar-refractivity contribution in [1.29, 1.82) is 0 Å². The first-order chi connectivity index (χ1) is 10.9. The average Bonchev–Trinajstić information content (AvgIpc) is 2.81. The quantitative estimate of drug-likeness (QED) is 0.292. The van der Waals surface area contributed by atoms with E-state index in [-0.39, 0.29) is 5.12 Å². The summed E-state index contributed by atoms with van der Waals surface area (Å²) in [5, 5.41) is -0.0704. The lowest BCUT2D eigenvalue weighted by Crippen LogP contribution is -2.05. The van der Waals surface area contributed by atoms with Crippen LogP contribution in [0.3, 0.4) is 0 Å². The van der Waals surface area contributed by atoms with Crippen LogP contribution >= 0.6 is 46.1 Å². The molecule has 122 valence electrons. The number of rotatable bonds is 4. The normalized spacial score (nSPS) is 15.7. The number of methoxy groups -OCH3 is 1. The van der Waals surface area contributed by atoms with Crippen molar-refractivity contribution in [3.63, 3.8) is 0 Å². The molecule has 0 N–H and O–H groups in total. The maximum absolute atomic E-state index is 12.0. The molecular formula is C15H14INO4S2. The Labute approximate surface area is 156 Å². The number of hydrogen-bond donors (Lipinski definition) is 0. The van der Waals surface area contributed by atoms with Crippen LogP contribution in [0.2, 0.25) is 0 Å². The Kier molecular flexibility index (Phi) is 6.54. The Morgan fingerprint density at radius 2 is 2.22 bits per heavy atom. The zero-order chi connectivity index (χ0) is 17.0. The van der Waals surface area contributed by atoms with Gasteiger partial charge < -0.3 is 9.47 Å². The van der Waals surface area contributed by atoms with Crippen LogP contribution in [-0.2, 0) is 9.59 Å². The van der Waals surface area contributed by atoms with E-state index >= 15 is 0 Å². The maximum Gasteiger partial charge on any atom is 0.308 e. The molecule has 0 saturated heterocycles. The Bertz CT molecular complexity index is 716. The van der Waals surface area contributed by atoms with Gasteiger partial charge in [0.1, 0.15) is 10.1 Å². The molecular weight excluding hydrogens is 449 g/mol. The third-order valence-corrected chi connectivity index (χ3v) is 5.36. The lowest BCUT2D eigenvalue weighted by molar-refractivity contribution is -0.132. The summed E-state index contributed by atoms with van der Waals surface area (Å²) in [6.45, 7) is 3.35. The molecule has 0 atom stereocenters. The van der Waals surface area contributed by atoms with Crippen molar-refractivity contribution in [3.05, 3.63) is 27.0 Å². The number of hydrogen-bond acceptors (Lipinski definition) is 7. The summed E-state index contributed by atoms with van der Waals surface area (Å²) in [6.07, 6.45) is 1.71. The van der Waals surface area contributed by atoms with E-state index in [1.807, 2.05) is 13.0 Å².